The number of thiol groups is 1. The van der Waals surface area contributed by atoms with E-state index < -0.39 is 6.09 Å². The normalized spacial score (nSPS) is 14.1. The van der Waals surface area contributed by atoms with Crippen LogP contribution in [0.25, 0.3) is 0 Å². The molecular weight excluding hydrogens is 234 g/mol. The molecule has 1 aliphatic carbocycles. The van der Waals surface area contributed by atoms with Gasteiger partial charge in [0.1, 0.15) is 5.75 Å². The molecule has 1 aromatic rings. The van der Waals surface area contributed by atoms with E-state index in [1.165, 1.54) is 17.5 Å². The molecule has 1 N–H and O–H groups in total. The number of amides is 1. The van der Waals surface area contributed by atoms with Gasteiger partial charge in [-0.05, 0) is 55.4 Å². The molecule has 4 heteroatoms. The Morgan fingerprint density at radius 1 is 1.35 bits per heavy atom. The summed E-state index contributed by atoms with van der Waals surface area (Å²) in [6.07, 6.45) is 3.96. The van der Waals surface area contributed by atoms with Crippen LogP contribution in [0.15, 0.2) is 11.0 Å². The summed E-state index contributed by atoms with van der Waals surface area (Å²) in [5, 5.41) is 2.47. The van der Waals surface area contributed by atoms with Crippen LogP contribution >= 0.6 is 12.6 Å². The molecule has 0 spiro atoms. The van der Waals surface area contributed by atoms with Gasteiger partial charge in [0.15, 0.2) is 0 Å². The fourth-order valence-electron chi connectivity index (χ4n) is 2.36. The van der Waals surface area contributed by atoms with Crippen LogP contribution in [0.4, 0.5) is 4.79 Å². The number of carbonyl (C=O) groups is 1. The average Bonchev–Trinajstić information content (AvgIpc) is 2.34. The first-order chi connectivity index (χ1) is 8.13. The molecule has 0 saturated heterocycles. The molecular formula is C13H17NO2S. The topological polar surface area (TPSA) is 38.3 Å². The summed E-state index contributed by atoms with van der Waals surface area (Å²) in [6, 6.07) is 1.98. The average molecular weight is 251 g/mol. The predicted molar refractivity (Wildman–Crippen MR) is 70.2 cm³/mol. The van der Waals surface area contributed by atoms with Crippen molar-refractivity contribution in [2.24, 2.45) is 0 Å². The molecule has 0 radical (unpaired) electrons. The molecule has 0 aromatic heterocycles. The Morgan fingerprint density at radius 3 is 2.65 bits per heavy atom. The van der Waals surface area contributed by atoms with Gasteiger partial charge in [-0.3, -0.25) is 0 Å². The first-order valence-corrected chi connectivity index (χ1v) is 6.32. The van der Waals surface area contributed by atoms with Crippen LogP contribution in [0, 0.1) is 6.92 Å². The molecule has 0 atom stereocenters. The lowest BCUT2D eigenvalue weighted by molar-refractivity contribution is 0.201. The maximum atomic E-state index is 11.3. The summed E-state index contributed by atoms with van der Waals surface area (Å²) >= 11 is 4.41. The second kappa shape index (κ2) is 5.00. The van der Waals surface area contributed by atoms with Gasteiger partial charge in [-0.2, -0.15) is 0 Å². The standard InChI is InChI=1S/C13H17NO2S/c1-8-7-11(17)12(16-13(15)14-2)10-6-4-3-5-9(8)10/h7,17H,3-6H2,1-2H3,(H,14,15). The van der Waals surface area contributed by atoms with Crippen molar-refractivity contribution in [2.75, 3.05) is 7.05 Å². The molecule has 0 bridgehead atoms. The number of hydrogen-bond acceptors (Lipinski definition) is 3. The van der Waals surface area contributed by atoms with Crippen LogP contribution in [0.5, 0.6) is 5.75 Å². The van der Waals surface area contributed by atoms with Crippen molar-refractivity contribution in [1.29, 1.82) is 0 Å². The molecule has 0 saturated carbocycles. The molecule has 0 fully saturated rings. The van der Waals surface area contributed by atoms with Crippen molar-refractivity contribution in [3.8, 4) is 5.75 Å². The summed E-state index contributed by atoms with van der Waals surface area (Å²) < 4.78 is 5.32. The van der Waals surface area contributed by atoms with Crippen LogP contribution in [-0.4, -0.2) is 13.1 Å². The Hall–Kier alpha value is -1.16. The van der Waals surface area contributed by atoms with Crippen LogP contribution in [0.2, 0.25) is 0 Å². The highest BCUT2D eigenvalue weighted by Gasteiger charge is 2.20. The minimum atomic E-state index is -0.433. The van der Waals surface area contributed by atoms with Gasteiger partial charge in [0.05, 0.1) is 0 Å². The zero-order chi connectivity index (χ0) is 12.4. The van der Waals surface area contributed by atoms with E-state index in [0.717, 1.165) is 29.7 Å². The quantitative estimate of drug-likeness (QED) is 0.753. The third kappa shape index (κ3) is 2.41. The Bertz CT molecular complexity index is 457. The second-order valence-electron chi connectivity index (χ2n) is 4.35. The smallest absolute Gasteiger partial charge is 0.409 e. The number of hydrogen-bond donors (Lipinski definition) is 2. The maximum Gasteiger partial charge on any atom is 0.412 e. The van der Waals surface area contributed by atoms with Crippen molar-refractivity contribution in [3.05, 3.63) is 22.8 Å². The third-order valence-electron chi connectivity index (χ3n) is 3.20. The van der Waals surface area contributed by atoms with Gasteiger partial charge in [0.25, 0.3) is 0 Å². The summed E-state index contributed by atoms with van der Waals surface area (Å²) in [6.45, 7) is 2.09. The number of benzene rings is 1. The van der Waals surface area contributed by atoms with Crippen molar-refractivity contribution < 1.29 is 9.53 Å². The lowest BCUT2D eigenvalue weighted by atomic mass is 9.88. The lowest BCUT2D eigenvalue weighted by Gasteiger charge is -2.22. The fourth-order valence-corrected chi connectivity index (χ4v) is 2.74. The van der Waals surface area contributed by atoms with E-state index >= 15 is 0 Å². The van der Waals surface area contributed by atoms with E-state index in [0.29, 0.717) is 5.75 Å². The van der Waals surface area contributed by atoms with Gasteiger partial charge < -0.3 is 10.1 Å². The van der Waals surface area contributed by atoms with Crippen molar-refractivity contribution in [1.82, 2.24) is 5.32 Å². The Morgan fingerprint density at radius 2 is 2.00 bits per heavy atom. The first-order valence-electron chi connectivity index (χ1n) is 5.87. The van der Waals surface area contributed by atoms with Crippen LogP contribution in [0.1, 0.15) is 29.5 Å². The zero-order valence-corrected chi connectivity index (χ0v) is 11.1. The summed E-state index contributed by atoms with van der Waals surface area (Å²) in [4.78, 5) is 12.1. The van der Waals surface area contributed by atoms with E-state index in [4.69, 9.17) is 4.74 Å². The second-order valence-corrected chi connectivity index (χ2v) is 4.83. The first kappa shape index (κ1) is 12.3. The third-order valence-corrected chi connectivity index (χ3v) is 3.53. The van der Waals surface area contributed by atoms with E-state index in [1.807, 2.05) is 6.07 Å². The Labute approximate surface area is 107 Å². The summed E-state index contributed by atoms with van der Waals surface area (Å²) in [5.74, 6) is 0.632. The molecule has 0 heterocycles. The van der Waals surface area contributed by atoms with Gasteiger partial charge >= 0.3 is 6.09 Å². The highest BCUT2D eigenvalue weighted by Crippen LogP contribution is 2.37. The van der Waals surface area contributed by atoms with Crippen LogP contribution in [-0.2, 0) is 12.8 Å². The van der Waals surface area contributed by atoms with E-state index in [1.54, 1.807) is 7.05 Å². The molecule has 92 valence electrons. The molecule has 1 aromatic carbocycles. The van der Waals surface area contributed by atoms with Crippen molar-refractivity contribution >= 4 is 18.7 Å². The zero-order valence-electron chi connectivity index (χ0n) is 10.2. The van der Waals surface area contributed by atoms with Gasteiger partial charge in [-0.25, -0.2) is 4.79 Å². The minimum absolute atomic E-state index is 0.433. The summed E-state index contributed by atoms with van der Waals surface area (Å²) in [7, 11) is 1.56. The van der Waals surface area contributed by atoms with E-state index in [2.05, 4.69) is 24.9 Å². The minimum Gasteiger partial charge on any atom is -0.409 e. The largest absolute Gasteiger partial charge is 0.412 e. The highest BCUT2D eigenvalue weighted by atomic mass is 32.1. The molecule has 3 nitrogen and oxygen atoms in total. The van der Waals surface area contributed by atoms with Gasteiger partial charge in [-0.15, -0.1) is 12.6 Å². The number of nitrogens with one attached hydrogen (secondary N) is 1. The lowest BCUT2D eigenvalue weighted by Crippen LogP contribution is -2.23. The molecule has 1 amide bonds. The van der Waals surface area contributed by atoms with E-state index in [9.17, 15) is 4.79 Å². The van der Waals surface area contributed by atoms with Gasteiger partial charge in [0.2, 0.25) is 0 Å². The number of fused-ring (bicyclic) bond motifs is 1. The monoisotopic (exact) mass is 251 g/mol. The van der Waals surface area contributed by atoms with Crippen LogP contribution < -0.4 is 10.1 Å². The molecule has 0 aliphatic heterocycles. The number of carbonyl (C=O) groups excluding carboxylic acids is 1. The Kier molecular flexibility index (Phi) is 3.62. The molecule has 17 heavy (non-hydrogen) atoms. The van der Waals surface area contributed by atoms with Crippen LogP contribution in [0.3, 0.4) is 0 Å². The van der Waals surface area contributed by atoms with E-state index in [-0.39, 0.29) is 0 Å². The predicted octanol–water partition coefficient (Wildman–Crippen LogP) is 2.88. The van der Waals surface area contributed by atoms with Gasteiger partial charge in [-0.1, -0.05) is 0 Å². The number of ether oxygens (including phenoxy) is 1. The number of aryl methyl sites for hydroxylation is 1. The number of rotatable bonds is 1. The highest BCUT2D eigenvalue weighted by molar-refractivity contribution is 7.80. The molecule has 1 aliphatic rings. The molecule has 0 unspecified atom stereocenters. The van der Waals surface area contributed by atoms with Gasteiger partial charge in [0, 0.05) is 11.9 Å². The maximum absolute atomic E-state index is 11.3. The van der Waals surface area contributed by atoms with Crippen molar-refractivity contribution in [2.45, 2.75) is 37.5 Å². The Balaban J connectivity index is 2.46. The fraction of sp³-hybridized carbons (Fsp3) is 0.462. The van der Waals surface area contributed by atoms with Crippen molar-refractivity contribution in [3.63, 3.8) is 0 Å². The molecule has 2 rings (SSSR count). The SMILES string of the molecule is CNC(=O)Oc1c(S)cc(C)c2c1CCCC2. The summed E-state index contributed by atoms with van der Waals surface area (Å²) in [5.41, 5.74) is 3.73.